The van der Waals surface area contributed by atoms with Crippen molar-refractivity contribution in [1.82, 2.24) is 0 Å². The molecule has 0 aliphatic carbocycles. The van der Waals surface area contributed by atoms with E-state index in [1.807, 2.05) is 21.1 Å². The summed E-state index contributed by atoms with van der Waals surface area (Å²) < 4.78 is 34.2. The highest BCUT2D eigenvalue weighted by Gasteiger charge is 2.22. The second-order valence-electron chi connectivity index (χ2n) is 23.8. The zero-order valence-corrected chi connectivity index (χ0v) is 52.1. The van der Waals surface area contributed by atoms with Crippen molar-refractivity contribution in [2.24, 2.45) is 0 Å². The van der Waals surface area contributed by atoms with Gasteiger partial charge in [0, 0.05) is 12.8 Å². The number of ether oxygens (including phenoxy) is 2. The number of unbranched alkanes of at least 4 members (excludes halogenated alkanes) is 44. The number of carbonyl (C=O) groups is 2. The number of likely N-dealkylation sites (N-methyl/N-ethyl adjacent to an activating group) is 1. The average Bonchev–Trinajstić information content (AvgIpc) is 3.38. The van der Waals surface area contributed by atoms with Crippen LogP contribution in [0.25, 0.3) is 0 Å². The number of allylic oxidation sites excluding steroid dienone is 4. The molecule has 0 spiro atoms. The molecule has 9 nitrogen and oxygen atoms in total. The largest absolute Gasteiger partial charge is 0.756 e. The molecule has 0 bridgehead atoms. The number of hydrogen-bond acceptors (Lipinski definition) is 8. The third-order valence-electron chi connectivity index (χ3n) is 15.0. The second-order valence-corrected chi connectivity index (χ2v) is 25.3. The summed E-state index contributed by atoms with van der Waals surface area (Å²) in [6, 6.07) is 0. The van der Waals surface area contributed by atoms with Gasteiger partial charge in [-0.3, -0.25) is 14.2 Å². The molecule has 2 unspecified atom stereocenters. The van der Waals surface area contributed by atoms with Crippen molar-refractivity contribution in [3.05, 3.63) is 24.3 Å². The first-order chi connectivity index (χ1) is 37.0. The molecule has 0 fully saturated rings. The van der Waals surface area contributed by atoms with E-state index in [1.54, 1.807) is 0 Å². The lowest BCUT2D eigenvalue weighted by molar-refractivity contribution is -0.870. The fourth-order valence-corrected chi connectivity index (χ4v) is 10.6. The highest BCUT2D eigenvalue weighted by Crippen LogP contribution is 2.38. The summed E-state index contributed by atoms with van der Waals surface area (Å²) in [5, 5.41) is 0. The maximum Gasteiger partial charge on any atom is 0.306 e. The molecule has 76 heavy (non-hydrogen) atoms. The van der Waals surface area contributed by atoms with Gasteiger partial charge in [0.15, 0.2) is 6.10 Å². The molecule has 0 rings (SSSR count). The lowest BCUT2D eigenvalue weighted by atomic mass is 10.0. The van der Waals surface area contributed by atoms with Crippen molar-refractivity contribution in [2.75, 3.05) is 47.5 Å². The molecule has 0 heterocycles. The third-order valence-corrected chi connectivity index (χ3v) is 15.9. The number of phosphoric ester groups is 1. The van der Waals surface area contributed by atoms with Gasteiger partial charge in [-0.05, 0) is 44.9 Å². The highest BCUT2D eigenvalue weighted by molar-refractivity contribution is 7.45. The molecule has 0 saturated carbocycles. The lowest BCUT2D eigenvalue weighted by Crippen LogP contribution is -2.37. The highest BCUT2D eigenvalue weighted by atomic mass is 31.2. The molecule has 450 valence electrons. The SMILES string of the molecule is CCCCCC/C=C\C/C=C\CCCCCCCCCC(=O)OC(COC(=O)CCCCCCCCCCCCCCCCCCCCCCCCCCCCCCCCCCCC)COP(=O)([O-])OCC[N+](C)(C)C. The molecule has 0 radical (unpaired) electrons. The van der Waals surface area contributed by atoms with Crippen molar-refractivity contribution >= 4 is 19.8 Å². The van der Waals surface area contributed by atoms with E-state index in [4.69, 9.17) is 18.5 Å². The van der Waals surface area contributed by atoms with Gasteiger partial charge in [0.05, 0.1) is 27.7 Å². The van der Waals surface area contributed by atoms with Crippen LogP contribution in [0.5, 0.6) is 0 Å². The summed E-state index contributed by atoms with van der Waals surface area (Å²) >= 11 is 0. The van der Waals surface area contributed by atoms with E-state index in [0.717, 1.165) is 51.4 Å². The van der Waals surface area contributed by atoms with Gasteiger partial charge in [-0.25, -0.2) is 0 Å². The lowest BCUT2D eigenvalue weighted by Gasteiger charge is -2.28. The van der Waals surface area contributed by atoms with Gasteiger partial charge in [0.2, 0.25) is 0 Å². The van der Waals surface area contributed by atoms with Crippen molar-refractivity contribution in [2.45, 2.75) is 341 Å². The van der Waals surface area contributed by atoms with E-state index in [-0.39, 0.29) is 32.0 Å². The molecular formula is C66H128NO8P. The van der Waals surface area contributed by atoms with Gasteiger partial charge in [-0.1, -0.05) is 301 Å². The zero-order valence-electron chi connectivity index (χ0n) is 51.2. The van der Waals surface area contributed by atoms with Crippen LogP contribution >= 0.6 is 7.82 Å². The Bertz CT molecular complexity index is 1330. The van der Waals surface area contributed by atoms with E-state index < -0.39 is 26.5 Å². The summed E-state index contributed by atoms with van der Waals surface area (Å²) in [4.78, 5) is 37.9. The predicted octanol–water partition coefficient (Wildman–Crippen LogP) is 20.3. The average molecular weight is 1090 g/mol. The normalized spacial score (nSPS) is 13.3. The fourth-order valence-electron chi connectivity index (χ4n) is 9.87. The number of carbonyl (C=O) groups excluding carboxylic acids is 2. The molecule has 0 aliphatic rings. The van der Waals surface area contributed by atoms with Gasteiger partial charge in [-0.2, -0.15) is 0 Å². The van der Waals surface area contributed by atoms with Crippen LogP contribution in [0.2, 0.25) is 0 Å². The van der Waals surface area contributed by atoms with Gasteiger partial charge in [-0.15, -0.1) is 0 Å². The molecule has 10 heteroatoms. The molecule has 0 saturated heterocycles. The van der Waals surface area contributed by atoms with Crippen molar-refractivity contribution in [3.63, 3.8) is 0 Å². The van der Waals surface area contributed by atoms with Gasteiger partial charge in [0.1, 0.15) is 19.8 Å². The topological polar surface area (TPSA) is 111 Å². The Morgan fingerprint density at radius 1 is 0.408 bits per heavy atom. The van der Waals surface area contributed by atoms with Crippen molar-refractivity contribution in [3.8, 4) is 0 Å². The summed E-state index contributed by atoms with van der Waals surface area (Å²) in [5.74, 6) is -0.825. The van der Waals surface area contributed by atoms with Gasteiger partial charge < -0.3 is 27.9 Å². The first-order valence-corrected chi connectivity index (χ1v) is 34.5. The first kappa shape index (κ1) is 74.5. The first-order valence-electron chi connectivity index (χ1n) is 33.0. The van der Waals surface area contributed by atoms with Crippen LogP contribution in [0.3, 0.4) is 0 Å². The van der Waals surface area contributed by atoms with Crippen LogP contribution in [0.1, 0.15) is 335 Å². The van der Waals surface area contributed by atoms with E-state index in [1.165, 1.54) is 250 Å². The van der Waals surface area contributed by atoms with Crippen LogP contribution in [0, 0.1) is 0 Å². The molecule has 0 aromatic rings. The van der Waals surface area contributed by atoms with Crippen LogP contribution in [-0.2, 0) is 32.7 Å². The monoisotopic (exact) mass is 1090 g/mol. The summed E-state index contributed by atoms with van der Waals surface area (Å²) in [5.41, 5.74) is 0. The molecule has 0 N–H and O–H groups in total. The predicted molar refractivity (Wildman–Crippen MR) is 324 cm³/mol. The Morgan fingerprint density at radius 3 is 1.05 bits per heavy atom. The van der Waals surface area contributed by atoms with Crippen molar-refractivity contribution in [1.29, 1.82) is 0 Å². The summed E-state index contributed by atoms with van der Waals surface area (Å²) in [6.07, 6.45) is 71.2. The third kappa shape index (κ3) is 61.7. The Hall–Kier alpha value is -1.51. The number of esters is 2. The van der Waals surface area contributed by atoms with Gasteiger partial charge in [0.25, 0.3) is 7.82 Å². The molecule has 0 aromatic heterocycles. The molecule has 2 atom stereocenters. The van der Waals surface area contributed by atoms with Crippen LogP contribution in [0.4, 0.5) is 0 Å². The fraction of sp³-hybridized carbons (Fsp3) is 0.909. The minimum atomic E-state index is -4.64. The van der Waals surface area contributed by atoms with Crippen LogP contribution in [0.15, 0.2) is 24.3 Å². The Morgan fingerprint density at radius 2 is 0.711 bits per heavy atom. The van der Waals surface area contributed by atoms with Crippen LogP contribution in [-0.4, -0.2) is 70.0 Å². The summed E-state index contributed by atoms with van der Waals surface area (Å²) in [6.45, 7) is 4.27. The van der Waals surface area contributed by atoms with Gasteiger partial charge >= 0.3 is 11.9 Å². The molecule has 0 aliphatic heterocycles. The minimum Gasteiger partial charge on any atom is -0.756 e. The van der Waals surface area contributed by atoms with Crippen LogP contribution < -0.4 is 4.89 Å². The van der Waals surface area contributed by atoms with E-state index in [2.05, 4.69) is 38.2 Å². The molecule has 0 aromatic carbocycles. The number of rotatable bonds is 62. The summed E-state index contributed by atoms with van der Waals surface area (Å²) in [7, 11) is 1.18. The maximum atomic E-state index is 12.8. The number of phosphoric acid groups is 1. The number of quaternary nitrogens is 1. The number of hydrogen-bond donors (Lipinski definition) is 0. The Labute approximate surface area is 472 Å². The molecular weight excluding hydrogens is 966 g/mol. The second kappa shape index (κ2) is 58.2. The van der Waals surface area contributed by atoms with E-state index in [9.17, 15) is 19.0 Å². The van der Waals surface area contributed by atoms with E-state index in [0.29, 0.717) is 17.4 Å². The minimum absolute atomic E-state index is 0.0301. The Balaban J connectivity index is 3.94. The zero-order chi connectivity index (χ0) is 55.6. The standard InChI is InChI=1S/C66H128NO8P/c1-6-8-10-12-14-16-18-20-22-24-26-27-28-29-30-31-32-33-34-35-36-37-38-39-40-41-43-44-46-48-50-52-54-56-58-65(68)72-62-64(63-74-76(70,71)73-61-60-67(3,4)5)75-66(69)59-57-55-53-51-49-47-45-42-25-23-21-19-17-15-13-11-9-7-2/h17,19,23,25,64H,6-16,18,20-22,24,26-63H2,1-5H3/b19-17-,25-23-. The molecule has 0 amide bonds. The smallest absolute Gasteiger partial charge is 0.306 e. The number of nitrogens with zero attached hydrogens (tertiary/aromatic N) is 1. The Kier molecular flexibility index (Phi) is 57.0. The maximum absolute atomic E-state index is 12.8. The quantitative estimate of drug-likeness (QED) is 0.0195. The van der Waals surface area contributed by atoms with E-state index >= 15 is 0 Å². The van der Waals surface area contributed by atoms with Crippen molar-refractivity contribution < 1.29 is 42.1 Å².